The first-order valence-electron chi connectivity index (χ1n) is 10.4. The maximum Gasteiger partial charge on any atom is 0.410 e. The molecule has 2 aliphatic rings. The van der Waals surface area contributed by atoms with Gasteiger partial charge in [-0.1, -0.05) is 67.3 Å². The third kappa shape index (κ3) is 4.83. The minimum absolute atomic E-state index is 0.0245. The second-order valence-electron chi connectivity index (χ2n) is 7.59. The number of hydrogen-bond acceptors (Lipinski definition) is 5. The van der Waals surface area contributed by atoms with E-state index in [0.29, 0.717) is 26.0 Å². The molecule has 3 rings (SSSR count). The highest BCUT2D eigenvalue weighted by molar-refractivity contribution is 5.69. The smallest absolute Gasteiger partial charge is 0.410 e. The van der Waals surface area contributed by atoms with Crippen LogP contribution in [0.3, 0.4) is 0 Å². The zero-order chi connectivity index (χ0) is 21.4. The van der Waals surface area contributed by atoms with Gasteiger partial charge < -0.3 is 24.2 Å². The quantitative estimate of drug-likeness (QED) is 0.628. The van der Waals surface area contributed by atoms with Crippen LogP contribution in [0.2, 0.25) is 0 Å². The number of benzene rings is 1. The van der Waals surface area contributed by atoms with E-state index in [1.165, 1.54) is 0 Å². The number of methoxy groups -OCH3 is 1. The van der Waals surface area contributed by atoms with Gasteiger partial charge in [-0.3, -0.25) is 0 Å². The van der Waals surface area contributed by atoms with E-state index in [1.54, 1.807) is 24.2 Å². The van der Waals surface area contributed by atoms with Crippen LogP contribution in [0.4, 0.5) is 4.79 Å². The SMILES string of the molecule is C=CCOC(=O)N1CC[C@@]2(OC)C=C[C@@H](OCc3ccccc3)[C@H](C/C=C\CO)[C@@H]12. The van der Waals surface area contributed by atoms with Gasteiger partial charge in [0, 0.05) is 19.6 Å². The molecule has 162 valence electrons. The predicted molar refractivity (Wildman–Crippen MR) is 115 cm³/mol. The van der Waals surface area contributed by atoms with Gasteiger partial charge >= 0.3 is 6.09 Å². The second-order valence-corrected chi connectivity index (χ2v) is 7.59. The predicted octanol–water partition coefficient (Wildman–Crippen LogP) is 3.48. The molecular formula is C24H31NO5. The number of ether oxygens (including phenoxy) is 3. The molecule has 0 bridgehead atoms. The Balaban J connectivity index is 1.86. The average molecular weight is 414 g/mol. The van der Waals surface area contributed by atoms with Crippen LogP contribution >= 0.6 is 0 Å². The largest absolute Gasteiger partial charge is 0.445 e. The second kappa shape index (κ2) is 10.6. The molecule has 1 heterocycles. The molecule has 1 aliphatic heterocycles. The molecule has 0 radical (unpaired) electrons. The first kappa shape index (κ1) is 22.3. The van der Waals surface area contributed by atoms with Crippen molar-refractivity contribution in [2.24, 2.45) is 5.92 Å². The molecule has 4 atom stereocenters. The lowest BCUT2D eigenvalue weighted by atomic mass is 9.75. The zero-order valence-corrected chi connectivity index (χ0v) is 17.5. The van der Waals surface area contributed by atoms with Crippen LogP contribution in [0, 0.1) is 5.92 Å². The number of aliphatic hydroxyl groups excluding tert-OH is 1. The minimum atomic E-state index is -0.572. The van der Waals surface area contributed by atoms with Crippen LogP contribution in [-0.4, -0.2) is 60.7 Å². The lowest BCUT2D eigenvalue weighted by Crippen LogP contribution is -2.56. The number of rotatable bonds is 9. The van der Waals surface area contributed by atoms with E-state index in [4.69, 9.17) is 14.2 Å². The summed E-state index contributed by atoms with van der Waals surface area (Å²) in [6.07, 6.45) is 10.1. The Hall–Kier alpha value is -2.41. The summed E-state index contributed by atoms with van der Waals surface area (Å²) in [5.41, 5.74) is 0.519. The molecule has 0 aromatic heterocycles. The molecule has 0 saturated carbocycles. The molecule has 1 aromatic carbocycles. The third-order valence-corrected chi connectivity index (χ3v) is 5.88. The summed E-state index contributed by atoms with van der Waals surface area (Å²) < 4.78 is 17.6. The number of nitrogens with zero attached hydrogens (tertiary/aromatic N) is 1. The number of aliphatic hydroxyl groups is 1. The maximum atomic E-state index is 12.8. The van der Waals surface area contributed by atoms with E-state index >= 15 is 0 Å². The van der Waals surface area contributed by atoms with Gasteiger partial charge in [0.2, 0.25) is 0 Å². The topological polar surface area (TPSA) is 68.2 Å². The highest BCUT2D eigenvalue weighted by Gasteiger charge is 2.55. The van der Waals surface area contributed by atoms with E-state index in [1.807, 2.05) is 42.5 Å². The van der Waals surface area contributed by atoms with Crippen molar-refractivity contribution in [1.82, 2.24) is 4.90 Å². The maximum absolute atomic E-state index is 12.8. The Labute approximate surface area is 178 Å². The number of amides is 1. The van der Waals surface area contributed by atoms with E-state index in [0.717, 1.165) is 5.56 Å². The zero-order valence-electron chi connectivity index (χ0n) is 17.5. The van der Waals surface area contributed by atoms with Crippen molar-refractivity contribution < 1.29 is 24.1 Å². The normalized spacial score (nSPS) is 27.9. The van der Waals surface area contributed by atoms with Crippen LogP contribution < -0.4 is 0 Å². The molecule has 0 unspecified atom stereocenters. The fraction of sp³-hybridized carbons (Fsp3) is 0.458. The van der Waals surface area contributed by atoms with E-state index < -0.39 is 5.60 Å². The highest BCUT2D eigenvalue weighted by Crippen LogP contribution is 2.44. The van der Waals surface area contributed by atoms with Gasteiger partial charge in [0.15, 0.2) is 0 Å². The first-order valence-corrected chi connectivity index (χ1v) is 10.4. The molecule has 1 saturated heterocycles. The van der Waals surface area contributed by atoms with Gasteiger partial charge in [-0.15, -0.1) is 0 Å². The van der Waals surface area contributed by atoms with Gasteiger partial charge in [0.1, 0.15) is 12.2 Å². The number of fused-ring (bicyclic) bond motifs is 1. The van der Waals surface area contributed by atoms with Crippen LogP contribution in [0.15, 0.2) is 67.3 Å². The Kier molecular flexibility index (Phi) is 7.85. The fourth-order valence-corrected chi connectivity index (χ4v) is 4.45. The Morgan fingerprint density at radius 3 is 2.83 bits per heavy atom. The highest BCUT2D eigenvalue weighted by atomic mass is 16.6. The summed E-state index contributed by atoms with van der Waals surface area (Å²) in [4.78, 5) is 14.5. The summed E-state index contributed by atoms with van der Waals surface area (Å²) in [7, 11) is 1.68. The summed E-state index contributed by atoms with van der Waals surface area (Å²) in [6, 6.07) is 9.78. The molecule has 1 N–H and O–H groups in total. The fourth-order valence-electron chi connectivity index (χ4n) is 4.45. The Morgan fingerprint density at radius 2 is 2.13 bits per heavy atom. The summed E-state index contributed by atoms with van der Waals surface area (Å²) in [6.45, 7) is 4.78. The van der Waals surface area contributed by atoms with Gasteiger partial charge in [0.05, 0.1) is 25.4 Å². The van der Waals surface area contributed by atoms with Crippen molar-refractivity contribution in [3.05, 3.63) is 72.9 Å². The van der Waals surface area contributed by atoms with E-state index in [-0.39, 0.29) is 37.4 Å². The van der Waals surface area contributed by atoms with Gasteiger partial charge in [-0.05, 0) is 18.4 Å². The molecule has 6 heteroatoms. The summed E-state index contributed by atoms with van der Waals surface area (Å²) in [5, 5.41) is 9.18. The van der Waals surface area contributed by atoms with Crippen LogP contribution in [0.5, 0.6) is 0 Å². The molecule has 1 aromatic rings. The lowest BCUT2D eigenvalue weighted by molar-refractivity contribution is -0.0685. The van der Waals surface area contributed by atoms with Crippen molar-refractivity contribution in [1.29, 1.82) is 0 Å². The number of allylic oxidation sites excluding steroid dienone is 1. The number of hydrogen-bond donors (Lipinski definition) is 1. The summed E-state index contributed by atoms with van der Waals surface area (Å²) >= 11 is 0. The lowest BCUT2D eigenvalue weighted by Gasteiger charge is -2.45. The Bertz CT molecular complexity index is 762. The first-order chi connectivity index (χ1) is 14.6. The molecule has 0 spiro atoms. The molecule has 1 amide bonds. The van der Waals surface area contributed by atoms with E-state index in [9.17, 15) is 9.90 Å². The number of likely N-dealkylation sites (tertiary alicyclic amines) is 1. The van der Waals surface area contributed by atoms with Crippen molar-refractivity contribution in [3.63, 3.8) is 0 Å². The molecule has 30 heavy (non-hydrogen) atoms. The van der Waals surface area contributed by atoms with Crippen molar-refractivity contribution >= 4 is 6.09 Å². The van der Waals surface area contributed by atoms with Crippen molar-refractivity contribution in [2.45, 2.75) is 37.2 Å². The van der Waals surface area contributed by atoms with Crippen molar-refractivity contribution in [2.75, 3.05) is 26.9 Å². The minimum Gasteiger partial charge on any atom is -0.445 e. The number of carbonyl (C=O) groups is 1. The average Bonchev–Trinajstić information content (AvgIpc) is 3.18. The van der Waals surface area contributed by atoms with E-state index in [2.05, 4.69) is 12.7 Å². The molecule has 1 aliphatic carbocycles. The third-order valence-electron chi connectivity index (χ3n) is 5.88. The molecule has 6 nitrogen and oxygen atoms in total. The number of carbonyl (C=O) groups excluding carboxylic acids is 1. The standard InChI is InChI=1S/C24H31NO5/c1-3-17-29-23(27)25-15-14-24(28-2)13-12-21(20(22(24)25)11-7-8-16-26)30-18-19-9-5-4-6-10-19/h3-10,12-13,20-22,26H,1,11,14-18H2,2H3/b8-7-/t20-,21+,22+,24-/m0/s1. The van der Waals surface area contributed by atoms with Gasteiger partial charge in [0.25, 0.3) is 0 Å². The molecule has 1 fully saturated rings. The van der Waals surface area contributed by atoms with Crippen molar-refractivity contribution in [3.8, 4) is 0 Å². The van der Waals surface area contributed by atoms with Gasteiger partial charge in [-0.2, -0.15) is 0 Å². The van der Waals surface area contributed by atoms with Gasteiger partial charge in [-0.25, -0.2) is 4.79 Å². The Morgan fingerprint density at radius 1 is 1.33 bits per heavy atom. The van der Waals surface area contributed by atoms with Crippen LogP contribution in [0.25, 0.3) is 0 Å². The van der Waals surface area contributed by atoms with Crippen LogP contribution in [-0.2, 0) is 20.8 Å². The molecular weight excluding hydrogens is 382 g/mol. The summed E-state index contributed by atoms with van der Waals surface area (Å²) in [5.74, 6) is -0.0414. The van der Waals surface area contributed by atoms with Crippen LogP contribution in [0.1, 0.15) is 18.4 Å². The monoisotopic (exact) mass is 413 g/mol.